The van der Waals surface area contributed by atoms with E-state index in [1.54, 1.807) is 12.1 Å². The molecular weight excluding hydrogens is 268 g/mol. The number of carbonyl (C=O) groups excluding carboxylic acids is 1. The van der Waals surface area contributed by atoms with E-state index in [1.807, 2.05) is 18.2 Å². The number of halogens is 1. The van der Waals surface area contributed by atoms with Gasteiger partial charge in [-0.05, 0) is 23.5 Å². The maximum absolute atomic E-state index is 12.2. The zero-order valence-electron chi connectivity index (χ0n) is 11.8. The van der Waals surface area contributed by atoms with E-state index in [0.29, 0.717) is 17.9 Å². The van der Waals surface area contributed by atoms with Crippen LogP contribution in [0.4, 0.5) is 0 Å². The summed E-state index contributed by atoms with van der Waals surface area (Å²) in [7, 11) is 0. The summed E-state index contributed by atoms with van der Waals surface area (Å²) in [6.45, 7) is 4.33. The molecule has 1 unspecified atom stereocenters. The summed E-state index contributed by atoms with van der Waals surface area (Å²) in [6.07, 6.45) is 0.563. The van der Waals surface area contributed by atoms with Gasteiger partial charge in [-0.1, -0.05) is 68.4 Å². The van der Waals surface area contributed by atoms with E-state index in [0.717, 1.165) is 5.56 Å². The molecule has 2 heteroatoms. The summed E-state index contributed by atoms with van der Waals surface area (Å²) in [5.74, 6) is 0.502. The maximum Gasteiger partial charge on any atom is 0.180 e. The second kappa shape index (κ2) is 6.71. The number of benzene rings is 2. The molecule has 1 nitrogen and oxygen atoms in total. The summed E-state index contributed by atoms with van der Waals surface area (Å²) in [5, 5.41) is -0.512. The van der Waals surface area contributed by atoms with Crippen LogP contribution in [0, 0.1) is 0 Å². The van der Waals surface area contributed by atoms with Crippen LogP contribution in [-0.4, -0.2) is 11.2 Å². The van der Waals surface area contributed by atoms with Gasteiger partial charge in [0.25, 0.3) is 0 Å². The average molecular weight is 287 g/mol. The van der Waals surface area contributed by atoms with Crippen LogP contribution >= 0.6 is 11.6 Å². The Morgan fingerprint density at radius 3 is 2.15 bits per heavy atom. The molecule has 2 aromatic rings. The van der Waals surface area contributed by atoms with Gasteiger partial charge in [0.2, 0.25) is 0 Å². The van der Waals surface area contributed by atoms with Crippen LogP contribution in [0.5, 0.6) is 0 Å². The highest BCUT2D eigenvalue weighted by Gasteiger charge is 2.17. The molecule has 0 fully saturated rings. The summed E-state index contributed by atoms with van der Waals surface area (Å²) >= 11 is 6.25. The molecule has 0 aromatic heterocycles. The van der Waals surface area contributed by atoms with E-state index in [2.05, 4.69) is 38.1 Å². The van der Waals surface area contributed by atoms with Gasteiger partial charge in [0.1, 0.15) is 5.38 Å². The Morgan fingerprint density at radius 2 is 1.60 bits per heavy atom. The average Bonchev–Trinajstić information content (AvgIpc) is 2.48. The Balaban J connectivity index is 2.04. The van der Waals surface area contributed by atoms with Crippen molar-refractivity contribution in [3.63, 3.8) is 0 Å². The van der Waals surface area contributed by atoms with Crippen LogP contribution in [0.25, 0.3) is 0 Å². The lowest BCUT2D eigenvalue weighted by atomic mass is 9.98. The zero-order valence-corrected chi connectivity index (χ0v) is 12.6. The Kier molecular flexibility index (Phi) is 4.97. The molecule has 2 rings (SSSR count). The fraction of sp³-hybridized carbons (Fsp3) is 0.278. The first kappa shape index (κ1) is 14.8. The summed E-state index contributed by atoms with van der Waals surface area (Å²) in [6, 6.07) is 17.5. The maximum atomic E-state index is 12.2. The van der Waals surface area contributed by atoms with Gasteiger partial charge < -0.3 is 0 Å². The van der Waals surface area contributed by atoms with E-state index in [1.165, 1.54) is 5.56 Å². The van der Waals surface area contributed by atoms with Crippen LogP contribution in [0.1, 0.15) is 41.3 Å². The topological polar surface area (TPSA) is 17.1 Å². The summed E-state index contributed by atoms with van der Waals surface area (Å²) < 4.78 is 0. The van der Waals surface area contributed by atoms with Gasteiger partial charge in [-0.15, -0.1) is 11.6 Å². The molecule has 0 amide bonds. The van der Waals surface area contributed by atoms with Crippen LogP contribution in [0.15, 0.2) is 54.6 Å². The molecule has 0 saturated carbocycles. The molecule has 0 heterocycles. The molecule has 0 spiro atoms. The predicted octanol–water partition coefficient (Wildman–Crippen LogP) is 4.84. The van der Waals surface area contributed by atoms with Crippen molar-refractivity contribution in [2.45, 2.75) is 31.6 Å². The molecule has 20 heavy (non-hydrogen) atoms. The van der Waals surface area contributed by atoms with Crippen molar-refractivity contribution < 1.29 is 4.79 Å². The minimum Gasteiger partial charge on any atom is -0.292 e. The third-order valence-electron chi connectivity index (χ3n) is 3.40. The van der Waals surface area contributed by atoms with Crippen molar-refractivity contribution in [2.24, 2.45) is 0 Å². The highest BCUT2D eigenvalue weighted by atomic mass is 35.5. The molecule has 0 bridgehead atoms. The Bertz CT molecular complexity index is 558. The lowest BCUT2D eigenvalue weighted by Crippen LogP contribution is -2.17. The van der Waals surface area contributed by atoms with Crippen LogP contribution in [0.3, 0.4) is 0 Å². The van der Waals surface area contributed by atoms with Crippen molar-refractivity contribution in [3.8, 4) is 0 Å². The second-order valence-corrected chi connectivity index (χ2v) is 5.83. The molecule has 0 N–H and O–H groups in total. The number of hydrogen-bond acceptors (Lipinski definition) is 1. The Morgan fingerprint density at radius 1 is 1.00 bits per heavy atom. The minimum absolute atomic E-state index is 0.0137. The SMILES string of the molecule is CC(C)c1ccc(CC(Cl)C(=O)c2ccccc2)cc1. The van der Waals surface area contributed by atoms with E-state index in [4.69, 9.17) is 11.6 Å². The second-order valence-electron chi connectivity index (χ2n) is 5.30. The standard InChI is InChI=1S/C18H19ClO/c1-13(2)15-10-8-14(9-11-15)12-17(19)18(20)16-6-4-3-5-7-16/h3-11,13,17H,12H2,1-2H3. The monoisotopic (exact) mass is 286 g/mol. The van der Waals surface area contributed by atoms with E-state index in [9.17, 15) is 4.79 Å². The Labute approximate surface area is 125 Å². The van der Waals surface area contributed by atoms with Gasteiger partial charge in [-0.25, -0.2) is 0 Å². The molecule has 104 valence electrons. The van der Waals surface area contributed by atoms with E-state index < -0.39 is 5.38 Å². The summed E-state index contributed by atoms with van der Waals surface area (Å²) in [5.41, 5.74) is 3.07. The van der Waals surface area contributed by atoms with E-state index in [-0.39, 0.29) is 5.78 Å². The number of hydrogen-bond donors (Lipinski definition) is 0. The van der Waals surface area contributed by atoms with Crippen molar-refractivity contribution >= 4 is 17.4 Å². The van der Waals surface area contributed by atoms with Crippen molar-refractivity contribution in [2.75, 3.05) is 0 Å². The summed E-state index contributed by atoms with van der Waals surface area (Å²) in [4.78, 5) is 12.2. The predicted molar refractivity (Wildman–Crippen MR) is 84.6 cm³/mol. The van der Waals surface area contributed by atoms with Crippen molar-refractivity contribution in [3.05, 3.63) is 71.3 Å². The fourth-order valence-corrected chi connectivity index (χ4v) is 2.43. The number of rotatable bonds is 5. The van der Waals surface area contributed by atoms with Crippen LogP contribution in [-0.2, 0) is 6.42 Å². The normalized spacial score (nSPS) is 12.4. The number of Topliss-reactive ketones (excluding diaryl/α,β-unsaturated/α-hetero) is 1. The fourth-order valence-electron chi connectivity index (χ4n) is 2.12. The smallest absolute Gasteiger partial charge is 0.180 e. The highest BCUT2D eigenvalue weighted by Crippen LogP contribution is 2.18. The molecule has 0 aliphatic carbocycles. The molecule has 0 saturated heterocycles. The molecule has 2 aromatic carbocycles. The molecule has 0 radical (unpaired) electrons. The third-order valence-corrected chi connectivity index (χ3v) is 3.76. The van der Waals surface area contributed by atoms with Gasteiger partial charge in [-0.3, -0.25) is 4.79 Å². The highest BCUT2D eigenvalue weighted by molar-refractivity contribution is 6.34. The largest absolute Gasteiger partial charge is 0.292 e. The lowest BCUT2D eigenvalue weighted by molar-refractivity contribution is 0.0986. The van der Waals surface area contributed by atoms with Crippen LogP contribution in [0.2, 0.25) is 0 Å². The van der Waals surface area contributed by atoms with Gasteiger partial charge in [-0.2, -0.15) is 0 Å². The third kappa shape index (κ3) is 3.71. The molecule has 0 aliphatic heterocycles. The number of alkyl halides is 1. The van der Waals surface area contributed by atoms with Crippen molar-refractivity contribution in [1.82, 2.24) is 0 Å². The molecular formula is C18H19ClO. The Hall–Kier alpha value is -1.60. The van der Waals surface area contributed by atoms with Gasteiger partial charge in [0.05, 0.1) is 0 Å². The van der Waals surface area contributed by atoms with Gasteiger partial charge >= 0.3 is 0 Å². The lowest BCUT2D eigenvalue weighted by Gasteiger charge is -2.10. The molecule has 0 aliphatic rings. The van der Waals surface area contributed by atoms with Crippen molar-refractivity contribution in [1.29, 1.82) is 0 Å². The van der Waals surface area contributed by atoms with Gasteiger partial charge in [0.15, 0.2) is 5.78 Å². The number of ketones is 1. The van der Waals surface area contributed by atoms with Gasteiger partial charge in [0, 0.05) is 5.56 Å². The first-order valence-corrected chi connectivity index (χ1v) is 7.33. The quantitative estimate of drug-likeness (QED) is 0.568. The zero-order chi connectivity index (χ0) is 14.5. The van der Waals surface area contributed by atoms with Crippen LogP contribution < -0.4 is 0 Å². The number of carbonyl (C=O) groups is 1. The molecule has 1 atom stereocenters. The first-order chi connectivity index (χ1) is 9.58. The minimum atomic E-state index is -0.512. The first-order valence-electron chi connectivity index (χ1n) is 6.90. The van der Waals surface area contributed by atoms with E-state index >= 15 is 0 Å².